The third-order valence-corrected chi connectivity index (χ3v) is 4.05. The number of ether oxygens (including phenoxy) is 2. The highest BCUT2D eigenvalue weighted by molar-refractivity contribution is 5.77. The number of carbonyl (C=O) groups excluding carboxylic acids is 1. The van der Waals surface area contributed by atoms with Crippen molar-refractivity contribution in [3.63, 3.8) is 0 Å². The van der Waals surface area contributed by atoms with Gasteiger partial charge in [0.05, 0.1) is 20.3 Å². The van der Waals surface area contributed by atoms with E-state index in [1.165, 1.54) is 0 Å². The van der Waals surface area contributed by atoms with Crippen LogP contribution >= 0.6 is 0 Å². The Labute approximate surface area is 133 Å². The molecule has 1 unspecified atom stereocenters. The number of benzene rings is 1. The lowest BCUT2D eigenvalue weighted by Crippen LogP contribution is -2.33. The van der Waals surface area contributed by atoms with E-state index in [0.29, 0.717) is 6.42 Å². The minimum Gasteiger partial charge on any atom is -0.497 e. The fourth-order valence-corrected chi connectivity index (χ4v) is 3.04. The number of methoxy groups -OCH3 is 2. The van der Waals surface area contributed by atoms with Gasteiger partial charge in [-0.1, -0.05) is 20.8 Å². The van der Waals surface area contributed by atoms with Crippen molar-refractivity contribution in [2.24, 2.45) is 5.41 Å². The van der Waals surface area contributed by atoms with Gasteiger partial charge in [-0.25, -0.2) is 0 Å². The highest BCUT2D eigenvalue weighted by atomic mass is 16.5. The highest BCUT2D eigenvalue weighted by Gasteiger charge is 2.33. The van der Waals surface area contributed by atoms with Crippen molar-refractivity contribution >= 4 is 5.91 Å². The van der Waals surface area contributed by atoms with Gasteiger partial charge >= 0.3 is 0 Å². The molecule has 1 saturated heterocycles. The van der Waals surface area contributed by atoms with Crippen molar-refractivity contribution in [3.8, 4) is 11.5 Å². The summed E-state index contributed by atoms with van der Waals surface area (Å²) >= 11 is 0. The third kappa shape index (κ3) is 3.73. The molecule has 22 heavy (non-hydrogen) atoms. The van der Waals surface area contributed by atoms with E-state index in [-0.39, 0.29) is 17.4 Å². The molecular weight excluding hydrogens is 278 g/mol. The third-order valence-electron chi connectivity index (χ3n) is 4.05. The topological polar surface area (TPSA) is 38.8 Å². The zero-order valence-corrected chi connectivity index (χ0v) is 14.3. The quantitative estimate of drug-likeness (QED) is 0.849. The second-order valence-electron chi connectivity index (χ2n) is 7.09. The van der Waals surface area contributed by atoms with Gasteiger partial charge in [-0.2, -0.15) is 0 Å². The first kappa shape index (κ1) is 16.7. The van der Waals surface area contributed by atoms with E-state index in [0.717, 1.165) is 36.4 Å². The Hall–Kier alpha value is -1.71. The molecule has 0 N–H and O–H groups in total. The first-order valence-corrected chi connectivity index (χ1v) is 7.87. The van der Waals surface area contributed by atoms with Crippen LogP contribution in [0.15, 0.2) is 18.2 Å². The zero-order chi connectivity index (χ0) is 16.3. The van der Waals surface area contributed by atoms with E-state index >= 15 is 0 Å². The molecule has 0 saturated carbocycles. The summed E-state index contributed by atoms with van der Waals surface area (Å²) < 4.78 is 10.8. The smallest absolute Gasteiger partial charge is 0.223 e. The molecular formula is C18H27NO3. The highest BCUT2D eigenvalue weighted by Crippen LogP contribution is 2.39. The van der Waals surface area contributed by atoms with Crippen LogP contribution in [0.5, 0.6) is 11.5 Å². The van der Waals surface area contributed by atoms with Crippen LogP contribution < -0.4 is 9.47 Å². The Morgan fingerprint density at radius 2 is 2.00 bits per heavy atom. The Morgan fingerprint density at radius 3 is 2.59 bits per heavy atom. The van der Waals surface area contributed by atoms with Crippen LogP contribution in [0.1, 0.15) is 51.6 Å². The molecule has 0 bridgehead atoms. The average Bonchev–Trinajstić information content (AvgIpc) is 2.94. The minimum atomic E-state index is 0.00815. The Bertz CT molecular complexity index is 534. The van der Waals surface area contributed by atoms with Gasteiger partial charge in [-0.05, 0) is 30.4 Å². The van der Waals surface area contributed by atoms with E-state index < -0.39 is 0 Å². The van der Waals surface area contributed by atoms with E-state index in [1.54, 1.807) is 14.2 Å². The van der Waals surface area contributed by atoms with Crippen LogP contribution in [0.4, 0.5) is 0 Å². The molecule has 0 aromatic heterocycles. The second-order valence-corrected chi connectivity index (χ2v) is 7.09. The zero-order valence-electron chi connectivity index (χ0n) is 14.3. The molecule has 1 atom stereocenters. The molecule has 4 heteroatoms. The number of hydrogen-bond acceptors (Lipinski definition) is 3. The predicted molar refractivity (Wildman–Crippen MR) is 87.3 cm³/mol. The first-order valence-electron chi connectivity index (χ1n) is 7.87. The maximum Gasteiger partial charge on any atom is 0.223 e. The number of likely N-dealkylation sites (tertiary alicyclic amines) is 1. The second kappa shape index (κ2) is 6.59. The van der Waals surface area contributed by atoms with Gasteiger partial charge < -0.3 is 14.4 Å². The van der Waals surface area contributed by atoms with Gasteiger partial charge in [-0.15, -0.1) is 0 Å². The molecule has 1 fully saturated rings. The SMILES string of the molecule is COc1ccc(C2CCCN2C(=O)CC(C)(C)C)c(OC)c1. The minimum absolute atomic E-state index is 0.00815. The van der Waals surface area contributed by atoms with Crippen molar-refractivity contribution in [2.75, 3.05) is 20.8 Å². The van der Waals surface area contributed by atoms with Gasteiger partial charge in [0.2, 0.25) is 5.91 Å². The summed E-state index contributed by atoms with van der Waals surface area (Å²) in [7, 11) is 3.30. The van der Waals surface area contributed by atoms with Gasteiger partial charge in [-0.3, -0.25) is 4.79 Å². The van der Waals surface area contributed by atoms with Crippen LogP contribution in [-0.2, 0) is 4.79 Å². The van der Waals surface area contributed by atoms with Crippen LogP contribution in [-0.4, -0.2) is 31.6 Å². The lowest BCUT2D eigenvalue weighted by molar-refractivity contribution is -0.134. The van der Waals surface area contributed by atoms with Crippen molar-refractivity contribution in [1.82, 2.24) is 4.90 Å². The summed E-state index contributed by atoms with van der Waals surface area (Å²) in [5.74, 6) is 1.79. The summed E-state index contributed by atoms with van der Waals surface area (Å²) in [4.78, 5) is 14.6. The number of nitrogens with zero attached hydrogens (tertiary/aromatic N) is 1. The molecule has 0 radical (unpaired) electrons. The van der Waals surface area contributed by atoms with Crippen LogP contribution in [0, 0.1) is 5.41 Å². The van der Waals surface area contributed by atoms with Gasteiger partial charge in [0.1, 0.15) is 11.5 Å². The maximum atomic E-state index is 12.6. The molecule has 2 rings (SSSR count). The molecule has 1 aliphatic heterocycles. The summed E-state index contributed by atoms with van der Waals surface area (Å²) in [6.07, 6.45) is 2.59. The molecule has 1 aromatic carbocycles. The maximum absolute atomic E-state index is 12.6. The van der Waals surface area contributed by atoms with Gasteiger partial charge in [0.15, 0.2) is 0 Å². The van der Waals surface area contributed by atoms with Crippen LogP contribution in [0.2, 0.25) is 0 Å². The molecule has 1 amide bonds. The summed E-state index contributed by atoms with van der Waals surface area (Å²) in [6.45, 7) is 7.13. The number of carbonyl (C=O) groups is 1. The van der Waals surface area contributed by atoms with Crippen molar-refractivity contribution < 1.29 is 14.3 Å². The van der Waals surface area contributed by atoms with Gasteiger partial charge in [0.25, 0.3) is 0 Å². The molecule has 1 aliphatic rings. The van der Waals surface area contributed by atoms with E-state index in [1.807, 2.05) is 23.1 Å². The normalized spacial score (nSPS) is 18.4. The fourth-order valence-electron chi connectivity index (χ4n) is 3.04. The fraction of sp³-hybridized carbons (Fsp3) is 0.611. The van der Waals surface area contributed by atoms with E-state index in [2.05, 4.69) is 20.8 Å². The summed E-state index contributed by atoms with van der Waals surface area (Å²) in [5, 5.41) is 0. The monoisotopic (exact) mass is 305 g/mol. The number of rotatable bonds is 4. The standard InChI is InChI=1S/C18H27NO3/c1-18(2,3)12-17(20)19-10-6-7-15(19)14-9-8-13(21-4)11-16(14)22-5/h8-9,11,15H,6-7,10,12H2,1-5H3. The summed E-state index contributed by atoms with van der Waals surface area (Å²) in [5.41, 5.74) is 1.08. The average molecular weight is 305 g/mol. The molecule has 122 valence electrons. The van der Waals surface area contributed by atoms with Crippen molar-refractivity contribution in [3.05, 3.63) is 23.8 Å². The lowest BCUT2D eigenvalue weighted by atomic mass is 9.91. The van der Waals surface area contributed by atoms with E-state index in [9.17, 15) is 4.79 Å². The largest absolute Gasteiger partial charge is 0.497 e. The lowest BCUT2D eigenvalue weighted by Gasteiger charge is -2.29. The Balaban J connectivity index is 2.25. The number of amides is 1. The number of hydrogen-bond donors (Lipinski definition) is 0. The Morgan fingerprint density at radius 1 is 1.27 bits per heavy atom. The molecule has 4 nitrogen and oxygen atoms in total. The van der Waals surface area contributed by atoms with E-state index in [4.69, 9.17) is 9.47 Å². The molecule has 1 aromatic rings. The summed E-state index contributed by atoms with van der Waals surface area (Å²) in [6, 6.07) is 5.95. The predicted octanol–water partition coefficient (Wildman–Crippen LogP) is 3.80. The van der Waals surface area contributed by atoms with Crippen LogP contribution in [0.25, 0.3) is 0 Å². The first-order chi connectivity index (χ1) is 10.4. The van der Waals surface area contributed by atoms with Crippen LogP contribution in [0.3, 0.4) is 0 Å². The molecule has 0 aliphatic carbocycles. The molecule has 0 spiro atoms. The van der Waals surface area contributed by atoms with Crippen molar-refractivity contribution in [1.29, 1.82) is 0 Å². The Kier molecular flexibility index (Phi) is 4.99. The van der Waals surface area contributed by atoms with Crippen molar-refractivity contribution in [2.45, 2.75) is 46.1 Å². The van der Waals surface area contributed by atoms with Gasteiger partial charge in [0, 0.05) is 24.6 Å². The molecule has 1 heterocycles.